The second-order valence-corrected chi connectivity index (χ2v) is 10.4. The number of pyridine rings is 1. The maximum atomic E-state index is 11.5. The van der Waals surface area contributed by atoms with Gasteiger partial charge in [0.1, 0.15) is 0 Å². The molecule has 0 saturated carbocycles. The fourth-order valence-electron chi connectivity index (χ4n) is 4.82. The third-order valence-corrected chi connectivity index (χ3v) is 6.74. The van der Waals surface area contributed by atoms with E-state index in [0.29, 0.717) is 6.61 Å². The average Bonchev–Trinajstić information content (AvgIpc) is 3.05. The Morgan fingerprint density at radius 3 is 2.84 bits per heavy atom. The van der Waals surface area contributed by atoms with Crippen LogP contribution in [0.25, 0.3) is 22.2 Å². The summed E-state index contributed by atoms with van der Waals surface area (Å²) >= 11 is 3.74. The van der Waals surface area contributed by atoms with Crippen molar-refractivity contribution >= 4 is 32.8 Å². The van der Waals surface area contributed by atoms with Gasteiger partial charge in [-0.2, -0.15) is 0 Å². The number of nitrogens with zero attached hydrogens (tertiary/aromatic N) is 2. The van der Waals surface area contributed by atoms with Gasteiger partial charge in [-0.15, -0.1) is 0 Å². The molecule has 0 saturated heterocycles. The molecule has 4 rings (SSSR count). The Morgan fingerprint density at radius 2 is 2.12 bits per heavy atom. The molecule has 0 spiro atoms. The summed E-state index contributed by atoms with van der Waals surface area (Å²) in [6.45, 7) is 9.17. The zero-order valence-corrected chi connectivity index (χ0v) is 21.1. The van der Waals surface area contributed by atoms with Gasteiger partial charge in [-0.3, -0.25) is 9.78 Å². The fourth-order valence-corrected chi connectivity index (χ4v) is 5.32. The standard InChI is InChI=1S/C26H31BrN2O3/c1-16(31-5)23-20(9-6-10-28-23)25-22(14-26(3,4)15-32-17(2)30)21-13-19(27)12-18-8-7-11-29(25)24(18)21/h6,9-10,12-13,16H,7-8,11,14-15H2,1-5H3/t16-/m0/s1. The van der Waals surface area contributed by atoms with Gasteiger partial charge in [-0.1, -0.05) is 29.8 Å². The lowest BCUT2D eigenvalue weighted by Crippen LogP contribution is -2.24. The zero-order chi connectivity index (χ0) is 23.0. The first-order valence-electron chi connectivity index (χ1n) is 11.2. The number of rotatable bonds is 7. The van der Waals surface area contributed by atoms with Crippen LogP contribution >= 0.6 is 15.9 Å². The van der Waals surface area contributed by atoms with Gasteiger partial charge in [0.2, 0.25) is 0 Å². The summed E-state index contributed by atoms with van der Waals surface area (Å²) in [6.07, 6.45) is 4.67. The summed E-state index contributed by atoms with van der Waals surface area (Å²) in [5.74, 6) is -0.243. The molecule has 3 aromatic rings. The van der Waals surface area contributed by atoms with Gasteiger partial charge in [0.25, 0.3) is 0 Å². The van der Waals surface area contributed by atoms with Gasteiger partial charge in [-0.05, 0) is 61.6 Å². The van der Waals surface area contributed by atoms with Crippen LogP contribution in [-0.4, -0.2) is 29.2 Å². The van der Waals surface area contributed by atoms with Gasteiger partial charge in [-0.25, -0.2) is 0 Å². The van der Waals surface area contributed by atoms with Crippen molar-refractivity contribution in [2.24, 2.45) is 5.41 Å². The largest absolute Gasteiger partial charge is 0.465 e. The molecule has 2 aromatic heterocycles. The maximum Gasteiger partial charge on any atom is 0.302 e. The normalized spacial score (nSPS) is 14.6. The van der Waals surface area contributed by atoms with E-state index in [-0.39, 0.29) is 17.5 Å². The summed E-state index contributed by atoms with van der Waals surface area (Å²) in [5.41, 5.74) is 7.01. The van der Waals surface area contributed by atoms with E-state index in [4.69, 9.17) is 14.5 Å². The second-order valence-electron chi connectivity index (χ2n) is 9.48. The highest BCUT2D eigenvalue weighted by Gasteiger charge is 2.30. The van der Waals surface area contributed by atoms with E-state index >= 15 is 0 Å². The second kappa shape index (κ2) is 8.99. The third-order valence-electron chi connectivity index (χ3n) is 6.29. The number of hydrogen-bond acceptors (Lipinski definition) is 4. The van der Waals surface area contributed by atoms with Crippen molar-refractivity contribution in [1.82, 2.24) is 9.55 Å². The summed E-state index contributed by atoms with van der Waals surface area (Å²) in [6, 6.07) is 8.63. The predicted octanol–water partition coefficient (Wildman–Crippen LogP) is 6.25. The Morgan fingerprint density at radius 1 is 1.34 bits per heavy atom. The monoisotopic (exact) mass is 498 g/mol. The number of carbonyl (C=O) groups is 1. The van der Waals surface area contributed by atoms with E-state index in [2.05, 4.69) is 52.5 Å². The van der Waals surface area contributed by atoms with E-state index in [1.165, 1.54) is 34.6 Å². The van der Waals surface area contributed by atoms with Crippen molar-refractivity contribution in [1.29, 1.82) is 0 Å². The summed E-state index contributed by atoms with van der Waals surface area (Å²) < 4.78 is 14.7. The van der Waals surface area contributed by atoms with Crippen LogP contribution in [0.4, 0.5) is 0 Å². The lowest BCUT2D eigenvalue weighted by molar-refractivity contribution is -0.143. The lowest BCUT2D eigenvalue weighted by atomic mass is 9.84. The van der Waals surface area contributed by atoms with E-state index < -0.39 is 0 Å². The fraction of sp³-hybridized carbons (Fsp3) is 0.462. The van der Waals surface area contributed by atoms with Crippen molar-refractivity contribution < 1.29 is 14.3 Å². The molecule has 32 heavy (non-hydrogen) atoms. The molecule has 170 valence electrons. The highest BCUT2D eigenvalue weighted by atomic mass is 79.9. The molecule has 6 heteroatoms. The van der Waals surface area contributed by atoms with E-state index in [9.17, 15) is 4.79 Å². The van der Waals surface area contributed by atoms with Crippen LogP contribution in [0.15, 0.2) is 34.9 Å². The zero-order valence-electron chi connectivity index (χ0n) is 19.5. The SMILES string of the molecule is CO[C@@H](C)c1ncccc1-c1c(CC(C)(C)COC(C)=O)c2cc(Br)cc3c2n1CCC3. The molecule has 1 atom stereocenters. The minimum atomic E-state index is -0.243. The topological polar surface area (TPSA) is 53.4 Å². The van der Waals surface area contributed by atoms with Gasteiger partial charge in [0.05, 0.1) is 29.6 Å². The Hall–Kier alpha value is -2.18. The van der Waals surface area contributed by atoms with Crippen LogP contribution in [0.3, 0.4) is 0 Å². The van der Waals surface area contributed by atoms with Crippen molar-refractivity contribution in [2.45, 2.75) is 59.6 Å². The number of methoxy groups -OCH3 is 1. The van der Waals surface area contributed by atoms with Crippen molar-refractivity contribution in [3.05, 3.63) is 51.8 Å². The average molecular weight is 499 g/mol. The number of esters is 1. The highest BCUT2D eigenvalue weighted by Crippen LogP contribution is 2.43. The number of aryl methyl sites for hydroxylation is 2. The molecule has 5 nitrogen and oxygen atoms in total. The van der Waals surface area contributed by atoms with Crippen LogP contribution in [-0.2, 0) is 33.7 Å². The molecule has 0 N–H and O–H groups in total. The van der Waals surface area contributed by atoms with E-state index in [1.54, 1.807) is 7.11 Å². The molecule has 1 aromatic carbocycles. The Kier molecular flexibility index (Phi) is 6.46. The third kappa shape index (κ3) is 4.35. The molecular formula is C26H31BrN2O3. The molecule has 0 bridgehead atoms. The van der Waals surface area contributed by atoms with E-state index in [0.717, 1.165) is 41.5 Å². The van der Waals surface area contributed by atoms with Crippen LogP contribution < -0.4 is 0 Å². The maximum absolute atomic E-state index is 11.5. The molecule has 0 radical (unpaired) electrons. The molecular weight excluding hydrogens is 468 g/mol. The minimum absolute atomic E-state index is 0.117. The Bertz CT molecular complexity index is 1170. The molecule has 0 aliphatic carbocycles. The van der Waals surface area contributed by atoms with Gasteiger partial charge < -0.3 is 14.0 Å². The van der Waals surface area contributed by atoms with Crippen LogP contribution in [0, 0.1) is 5.41 Å². The van der Waals surface area contributed by atoms with Crippen LogP contribution in [0.1, 0.15) is 57.0 Å². The van der Waals surface area contributed by atoms with Crippen LogP contribution in [0.2, 0.25) is 0 Å². The Balaban J connectivity index is 1.98. The first-order valence-corrected chi connectivity index (χ1v) is 12.0. The van der Waals surface area contributed by atoms with E-state index in [1.807, 2.05) is 19.2 Å². The minimum Gasteiger partial charge on any atom is -0.465 e. The number of halogens is 1. The first kappa shape index (κ1) is 23.0. The number of aromatic nitrogens is 2. The first-order chi connectivity index (χ1) is 15.2. The molecule has 1 aliphatic rings. The van der Waals surface area contributed by atoms with Crippen LogP contribution in [0.5, 0.6) is 0 Å². The van der Waals surface area contributed by atoms with Gasteiger partial charge in [0.15, 0.2) is 0 Å². The highest BCUT2D eigenvalue weighted by molar-refractivity contribution is 9.10. The Labute approximate surface area is 198 Å². The van der Waals surface area contributed by atoms with Crippen molar-refractivity contribution in [2.75, 3.05) is 13.7 Å². The van der Waals surface area contributed by atoms with Gasteiger partial charge >= 0.3 is 5.97 Å². The molecule has 0 fully saturated rings. The summed E-state index contributed by atoms with van der Waals surface area (Å²) in [7, 11) is 1.72. The lowest BCUT2D eigenvalue weighted by Gasteiger charge is -2.25. The number of carbonyl (C=O) groups excluding carboxylic acids is 1. The van der Waals surface area contributed by atoms with Gasteiger partial charge in [0, 0.05) is 47.6 Å². The molecule has 3 heterocycles. The number of ether oxygens (including phenoxy) is 2. The van der Waals surface area contributed by atoms with Crippen molar-refractivity contribution in [3.8, 4) is 11.3 Å². The predicted molar refractivity (Wildman–Crippen MR) is 131 cm³/mol. The number of hydrogen-bond donors (Lipinski definition) is 0. The molecule has 0 unspecified atom stereocenters. The number of benzene rings is 1. The quantitative estimate of drug-likeness (QED) is 0.361. The molecule has 1 aliphatic heterocycles. The summed E-state index contributed by atoms with van der Waals surface area (Å²) in [4.78, 5) is 16.2. The summed E-state index contributed by atoms with van der Waals surface area (Å²) in [5, 5.41) is 1.26. The van der Waals surface area contributed by atoms with Crippen molar-refractivity contribution in [3.63, 3.8) is 0 Å². The molecule has 0 amide bonds. The smallest absolute Gasteiger partial charge is 0.302 e.